The summed E-state index contributed by atoms with van der Waals surface area (Å²) in [5.74, 6) is 1.83. The van der Waals surface area contributed by atoms with Crippen LogP contribution in [0, 0.1) is 12.8 Å². The van der Waals surface area contributed by atoms with Gasteiger partial charge in [-0.15, -0.1) is 0 Å². The van der Waals surface area contributed by atoms with Crippen LogP contribution in [0.2, 0.25) is 0 Å². The van der Waals surface area contributed by atoms with Crippen molar-refractivity contribution in [2.75, 3.05) is 11.9 Å². The van der Waals surface area contributed by atoms with E-state index in [2.05, 4.69) is 46.6 Å². The van der Waals surface area contributed by atoms with Gasteiger partial charge < -0.3 is 10.6 Å². The molecule has 0 aliphatic carbocycles. The van der Waals surface area contributed by atoms with Crippen molar-refractivity contribution in [3.8, 4) is 0 Å². The molecule has 0 aromatic carbocycles. The number of fused-ring (bicyclic) bond motifs is 1. The molecule has 0 radical (unpaired) electrons. The molecule has 2 aromatic heterocycles. The van der Waals surface area contributed by atoms with Gasteiger partial charge in [0.15, 0.2) is 0 Å². The van der Waals surface area contributed by atoms with E-state index in [4.69, 9.17) is 4.98 Å². The Morgan fingerprint density at radius 3 is 2.72 bits per heavy atom. The van der Waals surface area contributed by atoms with Crippen LogP contribution in [0.15, 0.2) is 6.07 Å². The first-order valence-corrected chi connectivity index (χ1v) is 8.87. The maximum Gasteiger partial charge on any atom is 0.270 e. The van der Waals surface area contributed by atoms with E-state index >= 15 is 0 Å². The third-order valence-electron chi connectivity index (χ3n) is 4.18. The molecular weight excluding hydrogens is 316 g/mol. The minimum atomic E-state index is -0.104. The average molecular weight is 342 g/mol. The number of aromatic nitrogens is 4. The van der Waals surface area contributed by atoms with E-state index < -0.39 is 0 Å². The van der Waals surface area contributed by atoms with Gasteiger partial charge in [-0.25, -0.2) is 9.97 Å². The molecule has 0 spiro atoms. The smallest absolute Gasteiger partial charge is 0.270 e. The Labute approximate surface area is 148 Å². The lowest BCUT2D eigenvalue weighted by atomic mass is 10.0. The highest BCUT2D eigenvalue weighted by molar-refractivity contribution is 5.96. The summed E-state index contributed by atoms with van der Waals surface area (Å²) in [5, 5.41) is 13.6. The predicted molar refractivity (Wildman–Crippen MR) is 96.7 cm³/mol. The molecule has 7 nitrogen and oxygen atoms in total. The second-order valence-corrected chi connectivity index (χ2v) is 7.21. The zero-order valence-electron chi connectivity index (χ0n) is 15.3. The fourth-order valence-corrected chi connectivity index (χ4v) is 3.09. The fourth-order valence-electron chi connectivity index (χ4n) is 3.09. The number of rotatable bonds is 6. The number of carbonyl (C=O) groups is 1. The second kappa shape index (κ2) is 7.21. The molecule has 0 fully saturated rings. The lowest BCUT2D eigenvalue weighted by Gasteiger charge is -2.22. The van der Waals surface area contributed by atoms with Crippen LogP contribution in [-0.2, 0) is 19.3 Å². The topological polar surface area (TPSA) is 95.6 Å². The van der Waals surface area contributed by atoms with E-state index in [1.165, 1.54) is 0 Å². The quantitative estimate of drug-likeness (QED) is 0.746. The summed E-state index contributed by atoms with van der Waals surface area (Å²) in [6.07, 6.45) is 2.29. The lowest BCUT2D eigenvalue weighted by Crippen LogP contribution is -2.35. The molecule has 7 heteroatoms. The molecule has 3 rings (SSSR count). The van der Waals surface area contributed by atoms with E-state index in [1.807, 2.05) is 13.0 Å². The number of H-pyrrole nitrogens is 1. The number of carbonyl (C=O) groups excluding carboxylic acids is 1. The van der Waals surface area contributed by atoms with Gasteiger partial charge in [0.25, 0.3) is 5.91 Å². The van der Waals surface area contributed by atoms with Gasteiger partial charge in [0.2, 0.25) is 0 Å². The van der Waals surface area contributed by atoms with Crippen molar-refractivity contribution in [1.29, 1.82) is 0 Å². The Kier molecular flexibility index (Phi) is 5.01. The van der Waals surface area contributed by atoms with E-state index in [0.29, 0.717) is 18.2 Å². The number of nitrogens with one attached hydrogen (secondary N) is 3. The molecule has 134 valence electrons. The van der Waals surface area contributed by atoms with Crippen molar-refractivity contribution in [3.05, 3.63) is 34.5 Å². The van der Waals surface area contributed by atoms with Crippen LogP contribution in [0.25, 0.3) is 0 Å². The number of aryl methyl sites for hydroxylation is 1. The normalized spacial score (nSPS) is 15.0. The van der Waals surface area contributed by atoms with Crippen LogP contribution < -0.4 is 10.6 Å². The third kappa shape index (κ3) is 4.15. The molecule has 1 unspecified atom stereocenters. The fraction of sp³-hybridized carbons (Fsp3) is 0.556. The predicted octanol–water partition coefficient (Wildman–Crippen LogP) is 2.04. The average Bonchev–Trinajstić information content (AvgIpc) is 2.92. The number of hydrogen-bond acceptors (Lipinski definition) is 5. The molecule has 1 aliphatic rings. The Morgan fingerprint density at radius 2 is 2.04 bits per heavy atom. The molecule has 1 aliphatic heterocycles. The standard InChI is InChI=1S/C18H26N6O/c1-10(2)7-15-21-16-14(5-6-19-18(16)25)17(22-15)20-11(3)8-13-9-12(4)23-24-13/h9-11H,5-8H2,1-4H3,(H,19,25)(H,23,24)(H,20,21,22). The van der Waals surface area contributed by atoms with Crippen LogP contribution in [-0.4, -0.2) is 38.7 Å². The van der Waals surface area contributed by atoms with Crippen molar-refractivity contribution >= 4 is 11.7 Å². The Bertz CT molecular complexity index is 767. The monoisotopic (exact) mass is 342 g/mol. The summed E-state index contributed by atoms with van der Waals surface area (Å²) >= 11 is 0. The lowest BCUT2D eigenvalue weighted by molar-refractivity contribution is 0.0940. The molecular formula is C18H26N6O. The Morgan fingerprint density at radius 1 is 1.24 bits per heavy atom. The largest absolute Gasteiger partial charge is 0.367 e. The van der Waals surface area contributed by atoms with Gasteiger partial charge in [-0.05, 0) is 32.3 Å². The van der Waals surface area contributed by atoms with Crippen molar-refractivity contribution < 1.29 is 4.79 Å². The summed E-state index contributed by atoms with van der Waals surface area (Å²) in [6, 6.07) is 2.20. The Hall–Kier alpha value is -2.44. The van der Waals surface area contributed by atoms with Crippen LogP contribution >= 0.6 is 0 Å². The summed E-state index contributed by atoms with van der Waals surface area (Å²) < 4.78 is 0. The molecule has 0 saturated heterocycles. The Balaban J connectivity index is 1.85. The maximum absolute atomic E-state index is 12.2. The zero-order chi connectivity index (χ0) is 18.0. The minimum Gasteiger partial charge on any atom is -0.367 e. The zero-order valence-corrected chi connectivity index (χ0v) is 15.3. The molecule has 1 atom stereocenters. The highest BCUT2D eigenvalue weighted by Gasteiger charge is 2.24. The van der Waals surface area contributed by atoms with Gasteiger partial charge >= 0.3 is 0 Å². The van der Waals surface area contributed by atoms with E-state index in [1.54, 1.807) is 0 Å². The van der Waals surface area contributed by atoms with Crippen molar-refractivity contribution in [2.24, 2.45) is 5.92 Å². The number of aromatic amines is 1. The van der Waals surface area contributed by atoms with Crippen LogP contribution in [0.3, 0.4) is 0 Å². The highest BCUT2D eigenvalue weighted by atomic mass is 16.1. The SMILES string of the molecule is Cc1cc(CC(C)Nc2nc(CC(C)C)nc3c2CCNC3=O)n[nH]1. The first-order valence-electron chi connectivity index (χ1n) is 8.87. The first-order chi connectivity index (χ1) is 11.9. The van der Waals surface area contributed by atoms with Crippen LogP contribution in [0.4, 0.5) is 5.82 Å². The van der Waals surface area contributed by atoms with Crippen LogP contribution in [0.5, 0.6) is 0 Å². The molecule has 0 saturated carbocycles. The highest BCUT2D eigenvalue weighted by Crippen LogP contribution is 2.22. The maximum atomic E-state index is 12.2. The first kappa shape index (κ1) is 17.4. The number of nitrogens with zero attached hydrogens (tertiary/aromatic N) is 3. The van der Waals surface area contributed by atoms with Crippen molar-refractivity contribution in [1.82, 2.24) is 25.5 Å². The van der Waals surface area contributed by atoms with Gasteiger partial charge in [0.1, 0.15) is 17.3 Å². The molecule has 0 bridgehead atoms. The van der Waals surface area contributed by atoms with Gasteiger partial charge in [-0.1, -0.05) is 13.8 Å². The molecule has 25 heavy (non-hydrogen) atoms. The van der Waals surface area contributed by atoms with Crippen LogP contribution in [0.1, 0.15) is 54.0 Å². The number of hydrogen-bond donors (Lipinski definition) is 3. The van der Waals surface area contributed by atoms with E-state index in [-0.39, 0.29) is 11.9 Å². The summed E-state index contributed by atoms with van der Waals surface area (Å²) in [6.45, 7) is 8.97. The third-order valence-corrected chi connectivity index (χ3v) is 4.18. The van der Waals surface area contributed by atoms with Crippen molar-refractivity contribution in [3.63, 3.8) is 0 Å². The van der Waals surface area contributed by atoms with E-state index in [0.717, 1.165) is 47.9 Å². The molecule has 3 N–H and O–H groups in total. The van der Waals surface area contributed by atoms with Crippen molar-refractivity contribution in [2.45, 2.75) is 53.0 Å². The number of amides is 1. The second-order valence-electron chi connectivity index (χ2n) is 7.21. The number of anilines is 1. The summed E-state index contributed by atoms with van der Waals surface area (Å²) in [4.78, 5) is 21.4. The summed E-state index contributed by atoms with van der Waals surface area (Å²) in [7, 11) is 0. The molecule has 2 aromatic rings. The van der Waals surface area contributed by atoms with Gasteiger partial charge in [-0.3, -0.25) is 9.89 Å². The summed E-state index contributed by atoms with van der Waals surface area (Å²) in [5.41, 5.74) is 3.50. The van der Waals surface area contributed by atoms with Gasteiger partial charge in [-0.2, -0.15) is 5.10 Å². The van der Waals surface area contributed by atoms with E-state index in [9.17, 15) is 4.79 Å². The minimum absolute atomic E-state index is 0.104. The van der Waals surface area contributed by atoms with Gasteiger partial charge in [0.05, 0.1) is 5.69 Å². The molecule has 1 amide bonds. The van der Waals surface area contributed by atoms with Gasteiger partial charge in [0, 0.05) is 36.7 Å². The molecule has 3 heterocycles.